The van der Waals surface area contributed by atoms with Crippen LogP contribution in [0.1, 0.15) is 22.5 Å². The summed E-state index contributed by atoms with van der Waals surface area (Å²) in [5.41, 5.74) is 0.742. The molecule has 0 N–H and O–H groups in total. The molecule has 0 saturated carbocycles. The molecule has 0 bridgehead atoms. The van der Waals surface area contributed by atoms with Crippen LogP contribution in [0.5, 0.6) is 6.01 Å². The van der Waals surface area contributed by atoms with Crippen LogP contribution in [0.4, 0.5) is 0 Å². The third-order valence-electron chi connectivity index (χ3n) is 5.31. The topological polar surface area (TPSA) is 103 Å². The summed E-state index contributed by atoms with van der Waals surface area (Å²) in [6.07, 6.45) is 5.11. The molecule has 1 spiro atoms. The van der Waals surface area contributed by atoms with Gasteiger partial charge in [0.2, 0.25) is 0 Å². The van der Waals surface area contributed by atoms with Crippen molar-refractivity contribution in [3.8, 4) is 6.01 Å². The van der Waals surface area contributed by atoms with Crippen LogP contribution >= 0.6 is 0 Å². The van der Waals surface area contributed by atoms with E-state index in [4.69, 9.17) is 9.15 Å². The van der Waals surface area contributed by atoms with E-state index in [1.54, 1.807) is 31.5 Å². The van der Waals surface area contributed by atoms with Crippen molar-refractivity contribution < 1.29 is 22.4 Å². The van der Waals surface area contributed by atoms with Crippen LogP contribution in [0.3, 0.4) is 0 Å². The van der Waals surface area contributed by atoms with Gasteiger partial charge >= 0.3 is 6.01 Å². The summed E-state index contributed by atoms with van der Waals surface area (Å²) >= 11 is 0. The van der Waals surface area contributed by atoms with Gasteiger partial charge in [-0.1, -0.05) is 0 Å². The van der Waals surface area contributed by atoms with Crippen LogP contribution in [0, 0.1) is 12.8 Å². The number of hydrogen-bond acceptors (Lipinski definition) is 7. The van der Waals surface area contributed by atoms with E-state index in [1.165, 1.54) is 11.2 Å². The summed E-state index contributed by atoms with van der Waals surface area (Å²) in [7, 11) is -3.29. The van der Waals surface area contributed by atoms with Gasteiger partial charge in [-0.15, -0.1) is 0 Å². The maximum absolute atomic E-state index is 12.7. The highest BCUT2D eigenvalue weighted by Crippen LogP contribution is 2.45. The average Bonchev–Trinajstić information content (AvgIpc) is 3.12. The summed E-state index contributed by atoms with van der Waals surface area (Å²) in [6, 6.07) is 3.62. The minimum atomic E-state index is -3.29. The molecule has 2 aromatic heterocycles. The van der Waals surface area contributed by atoms with E-state index in [2.05, 4.69) is 9.97 Å². The molecule has 2 saturated heterocycles. The van der Waals surface area contributed by atoms with Gasteiger partial charge in [-0.3, -0.25) is 4.79 Å². The Kier molecular flexibility index (Phi) is 3.98. The number of furan rings is 1. The van der Waals surface area contributed by atoms with Crippen molar-refractivity contribution >= 4 is 15.7 Å². The summed E-state index contributed by atoms with van der Waals surface area (Å²) < 4.78 is 35.2. The highest BCUT2D eigenvalue weighted by Gasteiger charge is 2.63. The quantitative estimate of drug-likeness (QED) is 0.786. The molecule has 0 radical (unpaired) electrons. The first-order valence-corrected chi connectivity index (χ1v) is 10.0. The van der Waals surface area contributed by atoms with Gasteiger partial charge in [0.15, 0.2) is 15.6 Å². The fourth-order valence-electron chi connectivity index (χ4n) is 3.72. The Labute approximate surface area is 151 Å². The lowest BCUT2D eigenvalue weighted by Gasteiger charge is -2.49. The zero-order valence-electron chi connectivity index (χ0n) is 14.3. The van der Waals surface area contributed by atoms with Crippen molar-refractivity contribution in [3.05, 3.63) is 42.1 Å². The first kappa shape index (κ1) is 17.0. The van der Waals surface area contributed by atoms with Crippen LogP contribution < -0.4 is 4.74 Å². The SMILES string of the molecule is Cc1ccoc1C(=O)N1CC2(C1)[C@@H](COc1ncccn1)CCS2(=O)=O. The number of carbonyl (C=O) groups is 1. The van der Waals surface area contributed by atoms with Gasteiger partial charge in [-0.25, -0.2) is 18.4 Å². The Hall–Kier alpha value is -2.42. The molecular formula is C17H19N3O5S. The normalized spacial score (nSPS) is 23.0. The second-order valence-corrected chi connectivity index (χ2v) is 9.26. The second-order valence-electron chi connectivity index (χ2n) is 6.81. The molecule has 8 nitrogen and oxygen atoms in total. The third-order valence-corrected chi connectivity index (χ3v) is 7.92. The van der Waals surface area contributed by atoms with E-state index in [-0.39, 0.29) is 49.0 Å². The standard InChI is InChI=1S/C17H19N3O5S/c1-12-3-7-24-14(12)15(21)20-10-17(11-20)13(4-8-26(17,22)23)9-25-16-18-5-2-6-19-16/h2-3,5-7,13H,4,8-11H2,1H3/t13-/m1/s1. The van der Waals surface area contributed by atoms with Gasteiger partial charge < -0.3 is 14.1 Å². The van der Waals surface area contributed by atoms with Gasteiger partial charge in [-0.2, -0.15) is 0 Å². The number of carbonyl (C=O) groups excluding carboxylic acids is 1. The molecule has 1 amide bonds. The molecule has 1 atom stereocenters. The van der Waals surface area contributed by atoms with Gasteiger partial charge in [-0.05, 0) is 25.5 Å². The first-order chi connectivity index (χ1) is 12.4. The predicted octanol–water partition coefficient (Wildman–Crippen LogP) is 1.09. The number of ether oxygens (including phenoxy) is 1. The molecular weight excluding hydrogens is 358 g/mol. The zero-order chi connectivity index (χ0) is 18.4. The maximum Gasteiger partial charge on any atom is 0.316 e. The van der Waals surface area contributed by atoms with Gasteiger partial charge in [0.05, 0.1) is 18.6 Å². The van der Waals surface area contributed by atoms with Crippen LogP contribution in [-0.4, -0.2) is 59.4 Å². The monoisotopic (exact) mass is 377 g/mol. The summed E-state index contributed by atoms with van der Waals surface area (Å²) in [5.74, 6) is -0.0940. The number of rotatable bonds is 4. The fraction of sp³-hybridized carbons (Fsp3) is 0.471. The van der Waals surface area contributed by atoms with Crippen molar-refractivity contribution in [2.75, 3.05) is 25.4 Å². The number of aromatic nitrogens is 2. The number of nitrogens with zero attached hydrogens (tertiary/aromatic N) is 3. The fourth-order valence-corrected chi connectivity index (χ4v) is 6.12. The van der Waals surface area contributed by atoms with Crippen LogP contribution in [0.25, 0.3) is 0 Å². The summed E-state index contributed by atoms with van der Waals surface area (Å²) in [6.45, 7) is 2.33. The smallest absolute Gasteiger partial charge is 0.316 e. The van der Waals surface area contributed by atoms with Crippen LogP contribution in [-0.2, 0) is 9.84 Å². The zero-order valence-corrected chi connectivity index (χ0v) is 15.1. The lowest BCUT2D eigenvalue weighted by atomic mass is 9.83. The molecule has 138 valence electrons. The van der Waals surface area contributed by atoms with E-state index in [0.717, 1.165) is 5.56 Å². The Morgan fingerprint density at radius 2 is 2.12 bits per heavy atom. The van der Waals surface area contributed by atoms with Crippen LogP contribution in [0.15, 0.2) is 35.2 Å². The average molecular weight is 377 g/mol. The Morgan fingerprint density at radius 3 is 2.77 bits per heavy atom. The summed E-state index contributed by atoms with van der Waals surface area (Å²) in [5, 5.41) is 0. The molecule has 2 aromatic rings. The molecule has 0 unspecified atom stereocenters. The minimum absolute atomic E-state index is 0.110. The summed E-state index contributed by atoms with van der Waals surface area (Å²) in [4.78, 5) is 22.0. The van der Waals surface area contributed by atoms with Crippen molar-refractivity contribution in [1.29, 1.82) is 0 Å². The molecule has 26 heavy (non-hydrogen) atoms. The molecule has 2 fully saturated rings. The highest BCUT2D eigenvalue weighted by atomic mass is 32.2. The number of sulfone groups is 1. The van der Waals surface area contributed by atoms with Crippen LogP contribution in [0.2, 0.25) is 0 Å². The van der Waals surface area contributed by atoms with E-state index >= 15 is 0 Å². The number of amides is 1. The minimum Gasteiger partial charge on any atom is -0.463 e. The maximum atomic E-state index is 12.7. The Balaban J connectivity index is 1.48. The van der Waals surface area contributed by atoms with E-state index in [1.807, 2.05) is 0 Å². The second kappa shape index (κ2) is 6.08. The van der Waals surface area contributed by atoms with Crippen molar-refractivity contribution in [2.45, 2.75) is 18.1 Å². The Bertz CT molecular complexity index is 919. The molecule has 0 aromatic carbocycles. The third kappa shape index (κ3) is 2.57. The van der Waals surface area contributed by atoms with Gasteiger partial charge in [0.1, 0.15) is 4.75 Å². The largest absolute Gasteiger partial charge is 0.463 e. The van der Waals surface area contributed by atoms with E-state index in [9.17, 15) is 13.2 Å². The number of hydrogen-bond donors (Lipinski definition) is 0. The number of aryl methyl sites for hydroxylation is 1. The molecule has 2 aliphatic rings. The van der Waals surface area contributed by atoms with E-state index < -0.39 is 14.6 Å². The van der Waals surface area contributed by atoms with Crippen molar-refractivity contribution in [1.82, 2.24) is 14.9 Å². The van der Waals surface area contributed by atoms with Crippen molar-refractivity contribution in [3.63, 3.8) is 0 Å². The molecule has 0 aliphatic carbocycles. The molecule has 2 aliphatic heterocycles. The molecule has 9 heteroatoms. The van der Waals surface area contributed by atoms with E-state index in [0.29, 0.717) is 6.42 Å². The van der Waals surface area contributed by atoms with Crippen molar-refractivity contribution in [2.24, 2.45) is 5.92 Å². The molecule has 4 rings (SSSR count). The molecule has 4 heterocycles. The first-order valence-electron chi connectivity index (χ1n) is 8.38. The van der Waals surface area contributed by atoms with Gasteiger partial charge in [0, 0.05) is 37.0 Å². The Morgan fingerprint density at radius 1 is 1.38 bits per heavy atom. The van der Waals surface area contributed by atoms with Gasteiger partial charge in [0.25, 0.3) is 5.91 Å². The lowest BCUT2D eigenvalue weighted by Crippen LogP contribution is -2.69. The predicted molar refractivity (Wildman–Crippen MR) is 91.5 cm³/mol. The lowest BCUT2D eigenvalue weighted by molar-refractivity contribution is 0.0374. The number of likely N-dealkylation sites (tertiary alicyclic amines) is 1. The highest BCUT2D eigenvalue weighted by molar-refractivity contribution is 7.93.